The molecule has 0 unspecified atom stereocenters. The van der Waals surface area contributed by atoms with E-state index in [1.54, 1.807) is 0 Å². The van der Waals surface area contributed by atoms with E-state index in [0.29, 0.717) is 5.92 Å². The fourth-order valence-electron chi connectivity index (χ4n) is 2.89. The van der Waals surface area contributed by atoms with E-state index in [4.69, 9.17) is 4.74 Å². The summed E-state index contributed by atoms with van der Waals surface area (Å²) in [5.74, 6) is 1.44. The molecule has 0 aliphatic carbocycles. The molecule has 1 aliphatic rings. The second-order valence-electron chi connectivity index (χ2n) is 6.35. The van der Waals surface area contributed by atoms with Crippen LogP contribution in [0.1, 0.15) is 32.0 Å². The van der Waals surface area contributed by atoms with Crippen molar-refractivity contribution in [3.63, 3.8) is 0 Å². The van der Waals surface area contributed by atoms with Crippen molar-refractivity contribution < 1.29 is 4.74 Å². The average molecular weight is 299 g/mol. The van der Waals surface area contributed by atoms with Crippen LogP contribution in [0.4, 0.5) is 0 Å². The predicted octanol–water partition coefficient (Wildman–Crippen LogP) is 3.49. The molecule has 0 atom stereocenters. The number of para-hydroxylation sites is 1. The Balaban J connectivity index is 1.94. The fourth-order valence-corrected chi connectivity index (χ4v) is 2.89. The lowest BCUT2D eigenvalue weighted by atomic mass is 10.0. The Kier molecular flexibility index (Phi) is 4.48. The van der Waals surface area contributed by atoms with Crippen molar-refractivity contribution in [2.45, 2.75) is 33.7 Å². The largest absolute Gasteiger partial charge is 0.493 e. The molecule has 0 saturated carbocycles. The molecule has 0 saturated heterocycles. The first-order valence-corrected chi connectivity index (χ1v) is 8.19. The standard InChI is InChI=1S/C18H25N3O/c1-4-21-10-9-16-15(11-21)18(20-19-16)14-7-5-6-8-17(14)22-12-13(2)3/h5-8,13H,4,9-12H2,1-3H3,(H,19,20). The number of hydrogen-bond donors (Lipinski definition) is 1. The van der Waals surface area contributed by atoms with Crippen LogP contribution in [0.2, 0.25) is 0 Å². The van der Waals surface area contributed by atoms with Gasteiger partial charge in [-0.05, 0) is 24.6 Å². The molecule has 1 aliphatic heterocycles. The smallest absolute Gasteiger partial charge is 0.128 e. The van der Waals surface area contributed by atoms with Gasteiger partial charge < -0.3 is 4.74 Å². The molecule has 0 bridgehead atoms. The summed E-state index contributed by atoms with van der Waals surface area (Å²) in [5.41, 5.74) is 4.75. The molecule has 1 aromatic carbocycles. The van der Waals surface area contributed by atoms with Crippen LogP contribution in [0.25, 0.3) is 11.3 Å². The summed E-state index contributed by atoms with van der Waals surface area (Å²) in [6.07, 6.45) is 1.05. The van der Waals surface area contributed by atoms with Gasteiger partial charge in [0.15, 0.2) is 0 Å². The summed E-state index contributed by atoms with van der Waals surface area (Å²) in [6, 6.07) is 8.23. The highest BCUT2D eigenvalue weighted by atomic mass is 16.5. The number of nitrogens with zero attached hydrogens (tertiary/aromatic N) is 2. The molecule has 0 amide bonds. The number of benzene rings is 1. The zero-order chi connectivity index (χ0) is 15.5. The van der Waals surface area contributed by atoms with E-state index in [2.05, 4.69) is 48.0 Å². The summed E-state index contributed by atoms with van der Waals surface area (Å²) >= 11 is 0. The lowest BCUT2D eigenvalue weighted by Crippen LogP contribution is -2.30. The van der Waals surface area contributed by atoms with Gasteiger partial charge in [-0.2, -0.15) is 5.10 Å². The average Bonchev–Trinajstić information content (AvgIpc) is 2.96. The quantitative estimate of drug-likeness (QED) is 0.919. The molecular weight excluding hydrogens is 274 g/mol. The summed E-state index contributed by atoms with van der Waals surface area (Å²) < 4.78 is 6.00. The Labute approximate surface area is 132 Å². The Morgan fingerprint density at radius 2 is 2.14 bits per heavy atom. The first-order valence-electron chi connectivity index (χ1n) is 8.19. The van der Waals surface area contributed by atoms with Crippen molar-refractivity contribution in [2.24, 2.45) is 5.92 Å². The SMILES string of the molecule is CCN1CCc2[nH]nc(-c3ccccc3OCC(C)C)c2C1. The van der Waals surface area contributed by atoms with Gasteiger partial charge in [0.25, 0.3) is 0 Å². The van der Waals surface area contributed by atoms with E-state index in [0.717, 1.165) is 49.7 Å². The van der Waals surface area contributed by atoms with Crippen molar-refractivity contribution in [3.8, 4) is 17.0 Å². The van der Waals surface area contributed by atoms with Crippen molar-refractivity contribution in [3.05, 3.63) is 35.5 Å². The Morgan fingerprint density at radius 3 is 2.91 bits per heavy atom. The summed E-state index contributed by atoms with van der Waals surface area (Å²) in [4.78, 5) is 2.46. The van der Waals surface area contributed by atoms with Gasteiger partial charge in [-0.1, -0.05) is 32.9 Å². The molecule has 2 aromatic rings. The highest BCUT2D eigenvalue weighted by Crippen LogP contribution is 2.34. The highest BCUT2D eigenvalue weighted by Gasteiger charge is 2.23. The summed E-state index contributed by atoms with van der Waals surface area (Å²) in [7, 11) is 0. The van der Waals surface area contributed by atoms with Gasteiger partial charge in [-0.3, -0.25) is 10.00 Å². The third-order valence-corrected chi connectivity index (χ3v) is 4.17. The third kappa shape index (κ3) is 3.02. The van der Waals surface area contributed by atoms with Gasteiger partial charge in [0.2, 0.25) is 0 Å². The number of likely N-dealkylation sites (N-methyl/N-ethyl adjacent to an activating group) is 1. The van der Waals surface area contributed by atoms with E-state index in [1.165, 1.54) is 11.3 Å². The highest BCUT2D eigenvalue weighted by molar-refractivity contribution is 5.70. The van der Waals surface area contributed by atoms with E-state index >= 15 is 0 Å². The molecule has 1 N–H and O–H groups in total. The molecule has 3 rings (SSSR count). The van der Waals surface area contributed by atoms with Gasteiger partial charge in [0.1, 0.15) is 11.4 Å². The molecule has 118 valence electrons. The zero-order valence-electron chi connectivity index (χ0n) is 13.7. The number of aromatic nitrogens is 2. The number of nitrogens with one attached hydrogen (secondary N) is 1. The van der Waals surface area contributed by atoms with Crippen LogP contribution in [-0.2, 0) is 13.0 Å². The maximum Gasteiger partial charge on any atom is 0.128 e. The van der Waals surface area contributed by atoms with Crippen molar-refractivity contribution in [2.75, 3.05) is 19.7 Å². The molecule has 1 aromatic heterocycles. The number of fused-ring (bicyclic) bond motifs is 1. The van der Waals surface area contributed by atoms with E-state index in [-0.39, 0.29) is 0 Å². The maximum absolute atomic E-state index is 6.00. The van der Waals surface area contributed by atoms with Crippen LogP contribution in [0.15, 0.2) is 24.3 Å². The van der Waals surface area contributed by atoms with Crippen molar-refractivity contribution >= 4 is 0 Å². The minimum atomic E-state index is 0.511. The lowest BCUT2D eigenvalue weighted by Gasteiger charge is -2.25. The molecule has 4 nitrogen and oxygen atoms in total. The Morgan fingerprint density at radius 1 is 1.32 bits per heavy atom. The first-order chi connectivity index (χ1) is 10.7. The second-order valence-corrected chi connectivity index (χ2v) is 6.35. The van der Waals surface area contributed by atoms with Gasteiger partial charge in [0, 0.05) is 36.3 Å². The van der Waals surface area contributed by atoms with Gasteiger partial charge in [-0.15, -0.1) is 0 Å². The number of rotatable bonds is 5. The minimum Gasteiger partial charge on any atom is -0.493 e. The number of ether oxygens (including phenoxy) is 1. The molecule has 0 fully saturated rings. The van der Waals surface area contributed by atoms with Crippen molar-refractivity contribution in [1.29, 1.82) is 0 Å². The fraction of sp³-hybridized carbons (Fsp3) is 0.500. The normalized spacial score (nSPS) is 15.1. The Bertz CT molecular complexity index is 633. The first kappa shape index (κ1) is 15.1. The van der Waals surface area contributed by atoms with Crippen LogP contribution in [0, 0.1) is 5.92 Å². The van der Waals surface area contributed by atoms with Gasteiger partial charge >= 0.3 is 0 Å². The van der Waals surface area contributed by atoms with Crippen LogP contribution >= 0.6 is 0 Å². The van der Waals surface area contributed by atoms with Gasteiger partial charge in [0.05, 0.1) is 6.61 Å². The molecular formula is C18H25N3O. The van der Waals surface area contributed by atoms with Crippen LogP contribution < -0.4 is 4.74 Å². The molecule has 0 spiro atoms. The molecule has 4 heteroatoms. The third-order valence-electron chi connectivity index (χ3n) is 4.17. The summed E-state index contributed by atoms with van der Waals surface area (Å²) in [6.45, 7) is 10.4. The monoisotopic (exact) mass is 299 g/mol. The minimum absolute atomic E-state index is 0.511. The molecule has 2 heterocycles. The zero-order valence-corrected chi connectivity index (χ0v) is 13.7. The molecule has 0 radical (unpaired) electrons. The number of aromatic amines is 1. The maximum atomic E-state index is 6.00. The lowest BCUT2D eigenvalue weighted by molar-refractivity contribution is 0.267. The van der Waals surface area contributed by atoms with E-state index in [9.17, 15) is 0 Å². The molecule has 22 heavy (non-hydrogen) atoms. The number of H-pyrrole nitrogens is 1. The van der Waals surface area contributed by atoms with Crippen molar-refractivity contribution in [1.82, 2.24) is 15.1 Å². The summed E-state index contributed by atoms with van der Waals surface area (Å²) in [5, 5.41) is 7.82. The topological polar surface area (TPSA) is 41.2 Å². The van der Waals surface area contributed by atoms with Crippen LogP contribution in [-0.4, -0.2) is 34.8 Å². The van der Waals surface area contributed by atoms with E-state index < -0.39 is 0 Å². The Hall–Kier alpha value is -1.81. The van der Waals surface area contributed by atoms with Gasteiger partial charge in [-0.25, -0.2) is 0 Å². The van der Waals surface area contributed by atoms with Crippen LogP contribution in [0.5, 0.6) is 5.75 Å². The second kappa shape index (κ2) is 6.53. The number of hydrogen-bond acceptors (Lipinski definition) is 3. The predicted molar refractivity (Wildman–Crippen MR) is 89.0 cm³/mol. The van der Waals surface area contributed by atoms with Crippen LogP contribution in [0.3, 0.4) is 0 Å². The van der Waals surface area contributed by atoms with E-state index in [1.807, 2.05) is 12.1 Å².